The molecule has 0 saturated heterocycles. The largest absolute Gasteiger partial charge is 0.0870 e. The lowest BCUT2D eigenvalue weighted by molar-refractivity contribution is 1.43. The minimum absolute atomic E-state index is 1.25. The van der Waals surface area contributed by atoms with Crippen molar-refractivity contribution < 1.29 is 0 Å². The molecule has 5 aromatic carbocycles. The van der Waals surface area contributed by atoms with Gasteiger partial charge in [0.25, 0.3) is 0 Å². The Morgan fingerprint density at radius 3 is 1.65 bits per heavy atom. The first kappa shape index (κ1) is 21.9. The fourth-order valence-corrected chi connectivity index (χ4v) is 5.08. The van der Waals surface area contributed by atoms with E-state index < -0.39 is 0 Å². The van der Waals surface area contributed by atoms with Crippen LogP contribution in [0.1, 0.15) is 29.2 Å². The molecule has 0 fully saturated rings. The van der Waals surface area contributed by atoms with E-state index in [0.29, 0.717) is 0 Å². The van der Waals surface area contributed by atoms with Crippen LogP contribution in [0.2, 0.25) is 0 Å². The molecule has 0 spiro atoms. The predicted octanol–water partition coefficient (Wildman–Crippen LogP) is 9.80. The van der Waals surface area contributed by atoms with Crippen molar-refractivity contribution in [1.29, 1.82) is 0 Å². The Morgan fingerprint density at radius 1 is 0.471 bits per heavy atom. The lowest BCUT2D eigenvalue weighted by atomic mass is 9.87. The van der Waals surface area contributed by atoms with Crippen LogP contribution in [0.4, 0.5) is 0 Å². The monoisotopic (exact) mass is 438 g/mol. The molecule has 0 bridgehead atoms. The van der Waals surface area contributed by atoms with E-state index in [9.17, 15) is 0 Å². The van der Waals surface area contributed by atoms with Crippen molar-refractivity contribution in [2.24, 2.45) is 0 Å². The molecule has 0 aromatic heterocycles. The first-order chi connectivity index (χ1) is 16.6. The van der Waals surface area contributed by atoms with Gasteiger partial charge < -0.3 is 0 Å². The van der Waals surface area contributed by atoms with Gasteiger partial charge in [0.05, 0.1) is 0 Å². The molecule has 0 saturated carbocycles. The summed E-state index contributed by atoms with van der Waals surface area (Å²) in [4.78, 5) is 0. The van der Waals surface area contributed by atoms with Gasteiger partial charge >= 0.3 is 0 Å². The van der Waals surface area contributed by atoms with Gasteiger partial charge in [-0.25, -0.2) is 0 Å². The van der Waals surface area contributed by atoms with Crippen molar-refractivity contribution in [2.75, 3.05) is 0 Å². The van der Waals surface area contributed by atoms with Crippen molar-refractivity contribution in [3.63, 3.8) is 0 Å². The molecule has 0 aliphatic carbocycles. The Kier molecular flexibility index (Phi) is 5.90. The summed E-state index contributed by atoms with van der Waals surface area (Å²) in [6.07, 6.45) is 4.39. The molecule has 0 N–H and O–H groups in total. The highest BCUT2D eigenvalue weighted by atomic mass is 14.2. The molecule has 0 amide bonds. The molecule has 0 heteroatoms. The zero-order valence-electron chi connectivity index (χ0n) is 20.4. The number of benzene rings is 5. The zero-order chi connectivity index (χ0) is 23.7. The summed E-state index contributed by atoms with van der Waals surface area (Å²) in [5, 5.41) is 2.60. The smallest absolute Gasteiger partial charge is 0.00965 e. The third kappa shape index (κ3) is 3.86. The average Bonchev–Trinajstić information content (AvgIpc) is 2.86. The highest BCUT2D eigenvalue weighted by Crippen LogP contribution is 2.40. The van der Waals surface area contributed by atoms with Crippen molar-refractivity contribution in [2.45, 2.75) is 27.7 Å². The number of fused-ring (bicyclic) bond motifs is 1. The van der Waals surface area contributed by atoms with Crippen LogP contribution >= 0.6 is 0 Å². The van der Waals surface area contributed by atoms with Crippen molar-refractivity contribution in [3.05, 3.63) is 125 Å². The summed E-state index contributed by atoms with van der Waals surface area (Å²) in [6, 6.07) is 35.4. The fraction of sp³-hybridized carbons (Fsp3) is 0.118. The Bertz CT molecular complexity index is 1530. The molecular formula is C34H30. The Morgan fingerprint density at radius 2 is 1.03 bits per heavy atom. The lowest BCUT2D eigenvalue weighted by Crippen LogP contribution is -1.93. The maximum atomic E-state index is 2.39. The first-order valence-corrected chi connectivity index (χ1v) is 12.0. The van der Waals surface area contributed by atoms with E-state index >= 15 is 0 Å². The summed E-state index contributed by atoms with van der Waals surface area (Å²) in [6.45, 7) is 8.71. The van der Waals surface area contributed by atoms with Crippen molar-refractivity contribution in [1.82, 2.24) is 0 Å². The summed E-state index contributed by atoms with van der Waals surface area (Å²) in [5.41, 5.74) is 12.9. The van der Waals surface area contributed by atoms with Gasteiger partial charge in [0, 0.05) is 0 Å². The molecule has 34 heavy (non-hydrogen) atoms. The molecule has 0 unspecified atom stereocenters. The molecule has 0 nitrogen and oxygen atoms in total. The van der Waals surface area contributed by atoms with Gasteiger partial charge in [-0.05, 0) is 100 Å². The molecule has 5 rings (SSSR count). The van der Waals surface area contributed by atoms with Gasteiger partial charge in [0.2, 0.25) is 0 Å². The third-order valence-electron chi connectivity index (χ3n) is 6.83. The standard InChI is InChI=1S/C34H30/c1-5-12-27-25(4)21-33(29-16-9-7-14-24(29)3)32-20-19-26(22-34(27)32)30-17-10-11-18-31(30)28-15-8-6-13-23(28)2/h5-22H,1-4H3. The fourth-order valence-electron chi connectivity index (χ4n) is 5.08. The Balaban J connectivity index is 1.80. The topological polar surface area (TPSA) is 0 Å². The van der Waals surface area contributed by atoms with E-state index in [-0.39, 0.29) is 0 Å². The average molecular weight is 439 g/mol. The van der Waals surface area contributed by atoms with Crippen molar-refractivity contribution >= 4 is 16.8 Å². The molecule has 0 heterocycles. The van der Waals surface area contributed by atoms with Gasteiger partial charge in [0.1, 0.15) is 0 Å². The number of hydrogen-bond acceptors (Lipinski definition) is 0. The Hall–Kier alpha value is -3.90. The van der Waals surface area contributed by atoms with Crippen LogP contribution in [0.15, 0.2) is 103 Å². The van der Waals surface area contributed by atoms with Gasteiger partial charge in [0.15, 0.2) is 0 Å². The maximum Gasteiger partial charge on any atom is -0.00965 e. The first-order valence-electron chi connectivity index (χ1n) is 12.0. The highest BCUT2D eigenvalue weighted by molar-refractivity contribution is 6.05. The van der Waals surface area contributed by atoms with Gasteiger partial charge in [-0.3, -0.25) is 0 Å². The molecule has 0 aliphatic heterocycles. The molecule has 0 radical (unpaired) electrons. The molecule has 0 atom stereocenters. The number of hydrogen-bond donors (Lipinski definition) is 0. The van der Waals surface area contributed by atoms with E-state index in [1.54, 1.807) is 0 Å². The van der Waals surface area contributed by atoms with Crippen LogP contribution in [-0.4, -0.2) is 0 Å². The van der Waals surface area contributed by atoms with E-state index in [2.05, 4.69) is 137 Å². The highest BCUT2D eigenvalue weighted by Gasteiger charge is 2.14. The van der Waals surface area contributed by atoms with Crippen LogP contribution in [0.25, 0.3) is 50.2 Å². The minimum atomic E-state index is 1.25. The molecule has 166 valence electrons. The van der Waals surface area contributed by atoms with E-state index in [0.717, 1.165) is 0 Å². The number of rotatable bonds is 4. The van der Waals surface area contributed by atoms with Crippen LogP contribution in [-0.2, 0) is 0 Å². The lowest BCUT2D eigenvalue weighted by Gasteiger charge is -2.17. The van der Waals surface area contributed by atoms with Gasteiger partial charge in [-0.1, -0.05) is 103 Å². The second-order valence-corrected chi connectivity index (χ2v) is 9.09. The summed E-state index contributed by atoms with van der Waals surface area (Å²) < 4.78 is 0. The normalized spacial score (nSPS) is 11.4. The van der Waals surface area contributed by atoms with Crippen LogP contribution in [0, 0.1) is 20.8 Å². The van der Waals surface area contributed by atoms with Crippen LogP contribution in [0.5, 0.6) is 0 Å². The zero-order valence-corrected chi connectivity index (χ0v) is 20.4. The van der Waals surface area contributed by atoms with E-state index in [1.165, 1.54) is 66.4 Å². The summed E-state index contributed by atoms with van der Waals surface area (Å²) in [7, 11) is 0. The van der Waals surface area contributed by atoms with E-state index in [4.69, 9.17) is 0 Å². The quantitative estimate of drug-likeness (QED) is 0.262. The summed E-state index contributed by atoms with van der Waals surface area (Å²) >= 11 is 0. The van der Waals surface area contributed by atoms with E-state index in [1.807, 2.05) is 0 Å². The van der Waals surface area contributed by atoms with Crippen molar-refractivity contribution in [3.8, 4) is 33.4 Å². The van der Waals surface area contributed by atoms with Crippen LogP contribution in [0.3, 0.4) is 0 Å². The van der Waals surface area contributed by atoms with Crippen LogP contribution < -0.4 is 0 Å². The molecular weight excluding hydrogens is 408 g/mol. The molecule has 0 aliphatic rings. The predicted molar refractivity (Wildman–Crippen MR) is 149 cm³/mol. The van der Waals surface area contributed by atoms with Gasteiger partial charge in [-0.2, -0.15) is 0 Å². The second-order valence-electron chi connectivity index (χ2n) is 9.09. The maximum absolute atomic E-state index is 2.39. The minimum Gasteiger partial charge on any atom is -0.0870 e. The third-order valence-corrected chi connectivity index (χ3v) is 6.83. The second kappa shape index (κ2) is 9.15. The summed E-state index contributed by atoms with van der Waals surface area (Å²) in [5.74, 6) is 0. The van der Waals surface area contributed by atoms with Gasteiger partial charge in [-0.15, -0.1) is 0 Å². The molecule has 5 aromatic rings. The number of aryl methyl sites for hydroxylation is 3. The Labute approximate surface area is 203 Å². The number of allylic oxidation sites excluding steroid dienone is 1. The SMILES string of the molecule is CC=Cc1c(C)cc(-c2ccccc2C)c2ccc(-c3ccccc3-c3ccccc3C)cc12.